The van der Waals surface area contributed by atoms with Gasteiger partial charge in [-0.3, -0.25) is 9.59 Å². The molecular weight excluding hydrogens is 337 g/mol. The molecule has 2 heterocycles. The average molecular weight is 357 g/mol. The number of pyridine rings is 1. The van der Waals surface area contributed by atoms with Crippen LogP contribution in [0.3, 0.4) is 0 Å². The highest BCUT2D eigenvalue weighted by atomic mass is 19.1. The van der Waals surface area contributed by atoms with Gasteiger partial charge in [0, 0.05) is 30.4 Å². The van der Waals surface area contributed by atoms with Gasteiger partial charge in [0.2, 0.25) is 17.7 Å². The van der Waals surface area contributed by atoms with Crippen molar-refractivity contribution in [3.05, 3.63) is 53.5 Å². The molecule has 1 aromatic heterocycles. The number of carbonyl (C=O) groups is 2. The molecule has 2 N–H and O–H groups in total. The number of hydrogen-bond acceptors (Lipinski definition) is 4. The molecule has 0 bridgehead atoms. The standard InChI is InChI=1S/C19H20FN3O3/c1-2-8-26-19-12(4-3-7-21-19)11-22-18(25)15-10-17(24)23-16-9-13(20)5-6-14(15)16/h3-7,9,15H,2,8,10-11H2,1H3,(H,22,25)(H,23,24)/t15-/m0/s1. The van der Waals surface area contributed by atoms with Crippen molar-refractivity contribution in [1.82, 2.24) is 10.3 Å². The van der Waals surface area contributed by atoms with Gasteiger partial charge >= 0.3 is 0 Å². The Labute approximate surface area is 150 Å². The number of benzene rings is 1. The van der Waals surface area contributed by atoms with E-state index in [-0.39, 0.29) is 24.8 Å². The van der Waals surface area contributed by atoms with Crippen LogP contribution in [-0.4, -0.2) is 23.4 Å². The lowest BCUT2D eigenvalue weighted by Gasteiger charge is -2.25. The van der Waals surface area contributed by atoms with Crippen molar-refractivity contribution in [1.29, 1.82) is 0 Å². The van der Waals surface area contributed by atoms with Crippen LogP contribution in [0.1, 0.15) is 36.8 Å². The van der Waals surface area contributed by atoms with Crippen LogP contribution in [0.15, 0.2) is 36.5 Å². The van der Waals surface area contributed by atoms with Gasteiger partial charge in [-0.25, -0.2) is 9.37 Å². The Balaban J connectivity index is 1.73. The van der Waals surface area contributed by atoms with Gasteiger partial charge in [0.25, 0.3) is 0 Å². The monoisotopic (exact) mass is 357 g/mol. The maximum atomic E-state index is 13.4. The molecule has 1 aliphatic heterocycles. The lowest BCUT2D eigenvalue weighted by molar-refractivity contribution is -0.126. The summed E-state index contributed by atoms with van der Waals surface area (Å²) < 4.78 is 19.0. The molecule has 0 unspecified atom stereocenters. The maximum Gasteiger partial charge on any atom is 0.228 e. The van der Waals surface area contributed by atoms with E-state index in [9.17, 15) is 14.0 Å². The number of fused-ring (bicyclic) bond motifs is 1. The number of halogens is 1. The molecule has 2 amide bonds. The normalized spacial score (nSPS) is 15.8. The van der Waals surface area contributed by atoms with Gasteiger partial charge in [0.05, 0.1) is 12.5 Å². The van der Waals surface area contributed by atoms with Gasteiger partial charge in [-0.1, -0.05) is 19.1 Å². The van der Waals surface area contributed by atoms with Gasteiger partial charge in [0.1, 0.15) is 5.82 Å². The van der Waals surface area contributed by atoms with Crippen LogP contribution in [-0.2, 0) is 16.1 Å². The summed E-state index contributed by atoms with van der Waals surface area (Å²) in [7, 11) is 0. The van der Waals surface area contributed by atoms with Crippen molar-refractivity contribution in [3.8, 4) is 5.88 Å². The number of amides is 2. The van der Waals surface area contributed by atoms with Crippen LogP contribution in [0.25, 0.3) is 0 Å². The lowest BCUT2D eigenvalue weighted by Crippen LogP contribution is -2.34. The molecule has 0 aliphatic carbocycles. The van der Waals surface area contributed by atoms with Crippen LogP contribution in [0.2, 0.25) is 0 Å². The first-order valence-electron chi connectivity index (χ1n) is 8.52. The summed E-state index contributed by atoms with van der Waals surface area (Å²) >= 11 is 0. The van der Waals surface area contributed by atoms with Gasteiger partial charge < -0.3 is 15.4 Å². The predicted molar refractivity (Wildman–Crippen MR) is 94.3 cm³/mol. The van der Waals surface area contributed by atoms with Gasteiger partial charge in [0.15, 0.2) is 0 Å². The molecule has 0 fully saturated rings. The van der Waals surface area contributed by atoms with E-state index in [2.05, 4.69) is 15.6 Å². The van der Waals surface area contributed by atoms with E-state index in [4.69, 9.17) is 4.74 Å². The molecule has 0 saturated carbocycles. The quantitative estimate of drug-likeness (QED) is 0.833. The average Bonchev–Trinajstić information content (AvgIpc) is 2.64. The number of aromatic nitrogens is 1. The molecule has 0 spiro atoms. The zero-order valence-electron chi connectivity index (χ0n) is 14.4. The summed E-state index contributed by atoms with van der Waals surface area (Å²) in [4.78, 5) is 28.7. The first-order chi connectivity index (χ1) is 12.6. The van der Waals surface area contributed by atoms with Crippen molar-refractivity contribution >= 4 is 17.5 Å². The summed E-state index contributed by atoms with van der Waals surface area (Å²) in [5.74, 6) is -1.23. The second-order valence-corrected chi connectivity index (χ2v) is 6.07. The van der Waals surface area contributed by atoms with Gasteiger partial charge in [-0.15, -0.1) is 0 Å². The molecule has 6 nitrogen and oxygen atoms in total. The van der Waals surface area contributed by atoms with Crippen molar-refractivity contribution in [2.75, 3.05) is 11.9 Å². The number of nitrogens with one attached hydrogen (secondary N) is 2. The fraction of sp³-hybridized carbons (Fsp3) is 0.316. The van der Waals surface area contributed by atoms with Crippen molar-refractivity contribution in [2.24, 2.45) is 0 Å². The second-order valence-electron chi connectivity index (χ2n) is 6.07. The highest BCUT2D eigenvalue weighted by Crippen LogP contribution is 2.33. The third-order valence-electron chi connectivity index (χ3n) is 4.12. The summed E-state index contributed by atoms with van der Waals surface area (Å²) in [6.45, 7) is 2.78. The summed E-state index contributed by atoms with van der Waals surface area (Å²) in [6.07, 6.45) is 2.51. The number of nitrogens with zero attached hydrogens (tertiary/aromatic N) is 1. The van der Waals surface area contributed by atoms with Gasteiger partial charge in [-0.05, 0) is 30.2 Å². The Morgan fingerprint density at radius 3 is 3.08 bits per heavy atom. The number of rotatable bonds is 6. The minimum Gasteiger partial charge on any atom is -0.477 e. The topological polar surface area (TPSA) is 80.3 Å². The zero-order valence-corrected chi connectivity index (χ0v) is 14.4. The molecule has 26 heavy (non-hydrogen) atoms. The molecule has 136 valence electrons. The molecule has 3 rings (SSSR count). The van der Waals surface area contributed by atoms with E-state index in [0.717, 1.165) is 12.0 Å². The number of anilines is 1. The minimum atomic E-state index is -0.656. The molecule has 1 aromatic carbocycles. The third-order valence-corrected chi connectivity index (χ3v) is 4.12. The smallest absolute Gasteiger partial charge is 0.228 e. The van der Waals surface area contributed by atoms with Crippen LogP contribution < -0.4 is 15.4 Å². The zero-order chi connectivity index (χ0) is 18.5. The van der Waals surface area contributed by atoms with E-state index in [1.807, 2.05) is 13.0 Å². The van der Waals surface area contributed by atoms with Crippen LogP contribution in [0, 0.1) is 5.82 Å². The summed E-state index contributed by atoms with van der Waals surface area (Å²) in [5, 5.41) is 5.43. The Morgan fingerprint density at radius 1 is 1.42 bits per heavy atom. The largest absolute Gasteiger partial charge is 0.477 e. The van der Waals surface area contributed by atoms with E-state index >= 15 is 0 Å². The van der Waals surface area contributed by atoms with E-state index in [1.165, 1.54) is 18.2 Å². The van der Waals surface area contributed by atoms with Crippen LogP contribution in [0.5, 0.6) is 5.88 Å². The number of ether oxygens (including phenoxy) is 1. The van der Waals surface area contributed by atoms with E-state index < -0.39 is 11.7 Å². The Kier molecular flexibility index (Phi) is 5.46. The van der Waals surface area contributed by atoms with Crippen molar-refractivity contribution in [3.63, 3.8) is 0 Å². The lowest BCUT2D eigenvalue weighted by atomic mass is 9.89. The summed E-state index contributed by atoms with van der Waals surface area (Å²) in [6, 6.07) is 7.65. The fourth-order valence-electron chi connectivity index (χ4n) is 2.86. The molecule has 0 radical (unpaired) electrons. The van der Waals surface area contributed by atoms with Crippen molar-refractivity contribution in [2.45, 2.75) is 32.2 Å². The first-order valence-corrected chi connectivity index (χ1v) is 8.52. The molecule has 0 saturated heterocycles. The third kappa shape index (κ3) is 3.99. The highest BCUT2D eigenvalue weighted by Gasteiger charge is 2.30. The molecular formula is C19H20FN3O3. The Morgan fingerprint density at radius 2 is 2.27 bits per heavy atom. The van der Waals surface area contributed by atoms with E-state index in [1.54, 1.807) is 12.3 Å². The molecule has 7 heteroatoms. The van der Waals surface area contributed by atoms with Gasteiger partial charge in [-0.2, -0.15) is 0 Å². The molecule has 1 aliphatic rings. The Bertz CT molecular complexity index is 825. The second kappa shape index (κ2) is 7.95. The fourth-order valence-corrected chi connectivity index (χ4v) is 2.86. The van der Waals surface area contributed by atoms with Crippen molar-refractivity contribution < 1.29 is 18.7 Å². The van der Waals surface area contributed by atoms with Crippen LogP contribution >= 0.6 is 0 Å². The molecule has 2 aromatic rings. The number of carbonyl (C=O) groups excluding carboxylic acids is 2. The predicted octanol–water partition coefficient (Wildman–Crippen LogP) is 2.75. The number of hydrogen-bond donors (Lipinski definition) is 2. The van der Waals surface area contributed by atoms with E-state index in [0.29, 0.717) is 23.7 Å². The maximum absolute atomic E-state index is 13.4. The molecule has 1 atom stereocenters. The minimum absolute atomic E-state index is 0.0245. The SMILES string of the molecule is CCCOc1ncccc1CNC(=O)[C@H]1CC(=O)Nc2cc(F)ccc21. The summed E-state index contributed by atoms with van der Waals surface area (Å²) in [5.41, 5.74) is 1.71. The van der Waals surface area contributed by atoms with Crippen LogP contribution in [0.4, 0.5) is 10.1 Å². The highest BCUT2D eigenvalue weighted by molar-refractivity contribution is 6.01. The first kappa shape index (κ1) is 17.8. The Hall–Kier alpha value is -2.96.